The predicted octanol–water partition coefficient (Wildman–Crippen LogP) is 3.75. The summed E-state index contributed by atoms with van der Waals surface area (Å²) >= 11 is 1.49. The Balaban J connectivity index is 0. The van der Waals surface area contributed by atoms with Crippen molar-refractivity contribution in [3.8, 4) is 0 Å². The van der Waals surface area contributed by atoms with Gasteiger partial charge in [0.15, 0.2) is 0 Å². The van der Waals surface area contributed by atoms with Gasteiger partial charge >= 0.3 is 68.8 Å². The third-order valence-electron chi connectivity index (χ3n) is 1.95. The van der Waals surface area contributed by atoms with Gasteiger partial charge < -0.3 is 0 Å². The van der Waals surface area contributed by atoms with E-state index in [0.29, 0.717) is 0 Å². The SMILES string of the molecule is Br.CCCCC(CC)[CH2][Zn]. The molecule has 0 aromatic heterocycles. The second-order valence-electron chi connectivity index (χ2n) is 2.71. The van der Waals surface area contributed by atoms with E-state index in [4.69, 9.17) is 0 Å². The first kappa shape index (κ1) is 13.7. The molecule has 0 radical (unpaired) electrons. The Morgan fingerprint density at radius 2 is 1.90 bits per heavy atom. The molecule has 0 saturated carbocycles. The van der Waals surface area contributed by atoms with Gasteiger partial charge in [0.2, 0.25) is 0 Å². The Morgan fingerprint density at radius 1 is 1.30 bits per heavy atom. The zero-order valence-electron chi connectivity index (χ0n) is 7.23. The topological polar surface area (TPSA) is 0 Å². The normalized spacial score (nSPS) is 12.4. The molecule has 0 rings (SSSR count). The average molecular weight is 260 g/mol. The molecule has 10 heavy (non-hydrogen) atoms. The van der Waals surface area contributed by atoms with E-state index in [1.807, 2.05) is 0 Å². The van der Waals surface area contributed by atoms with E-state index in [1.54, 1.807) is 0 Å². The molecule has 0 spiro atoms. The predicted molar refractivity (Wildman–Crippen MR) is 48.4 cm³/mol. The van der Waals surface area contributed by atoms with Crippen LogP contribution in [0.3, 0.4) is 0 Å². The summed E-state index contributed by atoms with van der Waals surface area (Å²) in [6.07, 6.45) is 5.70. The third-order valence-corrected chi connectivity index (χ3v) is 3.66. The van der Waals surface area contributed by atoms with Gasteiger partial charge in [0, 0.05) is 0 Å². The minimum absolute atomic E-state index is 0. The first-order valence-corrected chi connectivity index (χ1v) is 6.24. The fourth-order valence-electron chi connectivity index (χ4n) is 1.05. The zero-order valence-corrected chi connectivity index (χ0v) is 11.9. The Kier molecular flexibility index (Phi) is 13.8. The quantitative estimate of drug-likeness (QED) is 0.660. The van der Waals surface area contributed by atoms with Crippen molar-refractivity contribution in [2.24, 2.45) is 5.92 Å². The summed E-state index contributed by atoms with van der Waals surface area (Å²) in [5.41, 5.74) is 0. The van der Waals surface area contributed by atoms with Crippen LogP contribution in [0.1, 0.15) is 39.5 Å². The van der Waals surface area contributed by atoms with E-state index < -0.39 is 0 Å². The fraction of sp³-hybridized carbons (Fsp3) is 1.00. The second kappa shape index (κ2) is 10.1. The summed E-state index contributed by atoms with van der Waals surface area (Å²) in [5.74, 6) is 1.06. The molecule has 0 aliphatic rings. The van der Waals surface area contributed by atoms with Crippen molar-refractivity contribution in [3.05, 3.63) is 0 Å². The molecular weight excluding hydrogens is 241 g/mol. The van der Waals surface area contributed by atoms with E-state index in [0.717, 1.165) is 5.92 Å². The molecule has 0 amide bonds. The van der Waals surface area contributed by atoms with Crippen LogP contribution >= 0.6 is 17.0 Å². The molecule has 0 nitrogen and oxygen atoms in total. The van der Waals surface area contributed by atoms with Crippen molar-refractivity contribution in [1.29, 1.82) is 0 Å². The molecular formula is C8H18BrZn. The van der Waals surface area contributed by atoms with E-state index in [1.165, 1.54) is 49.0 Å². The van der Waals surface area contributed by atoms with Crippen molar-refractivity contribution in [1.82, 2.24) is 0 Å². The Hall–Kier alpha value is 1.10. The maximum absolute atomic E-state index is 2.32. The summed E-state index contributed by atoms with van der Waals surface area (Å²) in [5, 5.41) is 1.50. The van der Waals surface area contributed by atoms with Crippen LogP contribution in [0.15, 0.2) is 0 Å². The van der Waals surface area contributed by atoms with E-state index >= 15 is 0 Å². The Bertz CT molecular complexity index is 53.2. The van der Waals surface area contributed by atoms with Crippen molar-refractivity contribution in [3.63, 3.8) is 0 Å². The van der Waals surface area contributed by atoms with E-state index in [9.17, 15) is 0 Å². The Labute approximate surface area is 85.6 Å². The zero-order chi connectivity index (χ0) is 7.11. The van der Waals surface area contributed by atoms with Gasteiger partial charge in [0.1, 0.15) is 0 Å². The number of hydrogen-bond acceptors (Lipinski definition) is 0. The molecule has 0 aliphatic carbocycles. The van der Waals surface area contributed by atoms with E-state index in [2.05, 4.69) is 13.8 Å². The van der Waals surface area contributed by atoms with Crippen LogP contribution in [0.4, 0.5) is 0 Å². The Morgan fingerprint density at radius 3 is 2.20 bits per heavy atom. The fourth-order valence-corrected chi connectivity index (χ4v) is 2.51. The minimum atomic E-state index is 0. The standard InChI is InChI=1S/C8H17.BrH.Zn/c1-4-6-7-8(3)5-2;;/h8H,3-7H2,1-2H3;1H;. The molecule has 0 heterocycles. The second-order valence-corrected chi connectivity index (χ2v) is 3.92. The van der Waals surface area contributed by atoms with Gasteiger partial charge in [-0.2, -0.15) is 0 Å². The first-order valence-electron chi connectivity index (χ1n) is 4.14. The van der Waals surface area contributed by atoms with Gasteiger partial charge in [0.05, 0.1) is 0 Å². The van der Waals surface area contributed by atoms with Crippen LogP contribution in [0.2, 0.25) is 5.02 Å². The molecule has 0 saturated heterocycles. The van der Waals surface area contributed by atoms with Crippen LogP contribution in [0, 0.1) is 5.92 Å². The molecule has 2 heteroatoms. The number of rotatable bonds is 5. The van der Waals surface area contributed by atoms with Gasteiger partial charge in [0.25, 0.3) is 0 Å². The summed E-state index contributed by atoms with van der Waals surface area (Å²) in [4.78, 5) is 0. The average Bonchev–Trinajstić information content (AvgIpc) is 1.91. The van der Waals surface area contributed by atoms with Gasteiger partial charge in [-0.3, -0.25) is 0 Å². The van der Waals surface area contributed by atoms with Gasteiger partial charge in [-0.25, -0.2) is 0 Å². The molecule has 0 aromatic carbocycles. The summed E-state index contributed by atoms with van der Waals surface area (Å²) in [7, 11) is 0. The van der Waals surface area contributed by atoms with Crippen molar-refractivity contribution in [2.75, 3.05) is 0 Å². The molecule has 59 valence electrons. The monoisotopic (exact) mass is 257 g/mol. The van der Waals surface area contributed by atoms with Crippen LogP contribution in [0.25, 0.3) is 0 Å². The van der Waals surface area contributed by atoms with Crippen LogP contribution in [-0.4, -0.2) is 0 Å². The molecule has 0 bridgehead atoms. The third kappa shape index (κ3) is 7.21. The molecule has 1 unspecified atom stereocenters. The summed E-state index contributed by atoms with van der Waals surface area (Å²) in [6, 6.07) is 0. The number of halogens is 1. The molecule has 0 aliphatic heterocycles. The van der Waals surface area contributed by atoms with Crippen molar-refractivity contribution in [2.45, 2.75) is 44.5 Å². The van der Waals surface area contributed by atoms with Gasteiger partial charge in [-0.1, -0.05) is 0 Å². The maximum atomic E-state index is 2.32. The summed E-state index contributed by atoms with van der Waals surface area (Å²) in [6.45, 7) is 4.59. The van der Waals surface area contributed by atoms with Gasteiger partial charge in [-0.05, 0) is 0 Å². The van der Waals surface area contributed by atoms with Crippen molar-refractivity contribution < 1.29 is 18.3 Å². The van der Waals surface area contributed by atoms with E-state index in [-0.39, 0.29) is 17.0 Å². The molecule has 0 aromatic rings. The molecule has 0 fully saturated rings. The van der Waals surface area contributed by atoms with Crippen LogP contribution in [-0.2, 0) is 18.3 Å². The first-order chi connectivity index (χ1) is 4.35. The van der Waals surface area contributed by atoms with Gasteiger partial charge in [-0.15, -0.1) is 17.0 Å². The van der Waals surface area contributed by atoms with Crippen LogP contribution in [0.5, 0.6) is 0 Å². The summed E-state index contributed by atoms with van der Waals surface area (Å²) < 4.78 is 0. The molecule has 1 atom stereocenters. The number of hydrogen-bond donors (Lipinski definition) is 0. The molecule has 0 N–H and O–H groups in total. The van der Waals surface area contributed by atoms with Crippen molar-refractivity contribution >= 4 is 17.0 Å². The number of unbranched alkanes of at least 4 members (excludes halogenated alkanes) is 1. The van der Waals surface area contributed by atoms with Crippen LogP contribution < -0.4 is 0 Å².